The van der Waals surface area contributed by atoms with Crippen molar-refractivity contribution in [3.63, 3.8) is 0 Å². The molecular formula is C18H14N2O2. The van der Waals surface area contributed by atoms with Gasteiger partial charge in [0, 0.05) is 28.6 Å². The van der Waals surface area contributed by atoms with Gasteiger partial charge >= 0.3 is 0 Å². The van der Waals surface area contributed by atoms with Crippen molar-refractivity contribution < 1.29 is 9.84 Å². The Labute approximate surface area is 127 Å². The van der Waals surface area contributed by atoms with Crippen LogP contribution in [-0.2, 0) is 0 Å². The number of rotatable bonds is 2. The van der Waals surface area contributed by atoms with Crippen LogP contribution < -0.4 is 4.74 Å². The van der Waals surface area contributed by atoms with Gasteiger partial charge in [-0.3, -0.25) is 9.55 Å². The van der Waals surface area contributed by atoms with E-state index in [0.717, 1.165) is 33.1 Å². The van der Waals surface area contributed by atoms with E-state index < -0.39 is 0 Å². The van der Waals surface area contributed by atoms with Crippen LogP contribution in [0.5, 0.6) is 11.6 Å². The van der Waals surface area contributed by atoms with E-state index in [1.807, 2.05) is 54.7 Å². The number of methoxy groups -OCH3 is 1. The van der Waals surface area contributed by atoms with Gasteiger partial charge in [0.05, 0.1) is 18.3 Å². The van der Waals surface area contributed by atoms with Crippen LogP contribution in [0.2, 0.25) is 0 Å². The van der Waals surface area contributed by atoms with Gasteiger partial charge in [-0.2, -0.15) is 0 Å². The molecule has 4 nitrogen and oxygen atoms in total. The zero-order chi connectivity index (χ0) is 15.1. The van der Waals surface area contributed by atoms with Crippen LogP contribution in [0.4, 0.5) is 0 Å². The fraction of sp³-hybridized carbons (Fsp3) is 0.0556. The van der Waals surface area contributed by atoms with Gasteiger partial charge in [0.15, 0.2) is 0 Å². The number of benzene rings is 2. The molecule has 0 radical (unpaired) electrons. The van der Waals surface area contributed by atoms with Gasteiger partial charge in [0.25, 0.3) is 0 Å². The summed E-state index contributed by atoms with van der Waals surface area (Å²) in [5.74, 6) is 0.921. The Kier molecular flexibility index (Phi) is 2.76. The molecule has 4 rings (SSSR count). The fourth-order valence-electron chi connectivity index (χ4n) is 2.70. The van der Waals surface area contributed by atoms with E-state index in [-0.39, 0.29) is 5.88 Å². The van der Waals surface area contributed by atoms with Gasteiger partial charge in [-0.25, -0.2) is 0 Å². The largest absolute Gasteiger partial charge is 0.497 e. The number of aromatic hydroxyl groups is 1. The topological polar surface area (TPSA) is 47.3 Å². The van der Waals surface area contributed by atoms with E-state index in [4.69, 9.17) is 4.74 Å². The van der Waals surface area contributed by atoms with Crippen LogP contribution in [0.3, 0.4) is 0 Å². The van der Waals surface area contributed by atoms with E-state index in [0.29, 0.717) is 0 Å². The monoisotopic (exact) mass is 290 g/mol. The molecule has 0 atom stereocenters. The quantitative estimate of drug-likeness (QED) is 0.609. The summed E-state index contributed by atoms with van der Waals surface area (Å²) in [7, 11) is 1.62. The number of ether oxygens (including phenoxy) is 1. The summed E-state index contributed by atoms with van der Waals surface area (Å²) in [6.07, 6.45) is 3.68. The molecule has 0 saturated carbocycles. The number of nitrogens with zero attached hydrogens (tertiary/aromatic N) is 2. The van der Waals surface area contributed by atoms with Crippen molar-refractivity contribution in [2.45, 2.75) is 0 Å². The lowest BCUT2D eigenvalue weighted by Gasteiger charge is -2.06. The second kappa shape index (κ2) is 4.77. The predicted octanol–water partition coefficient (Wildman–Crippen LogP) is 3.89. The second-order valence-electron chi connectivity index (χ2n) is 5.16. The summed E-state index contributed by atoms with van der Waals surface area (Å²) in [4.78, 5) is 4.36. The van der Waals surface area contributed by atoms with Crippen molar-refractivity contribution in [2.24, 2.45) is 0 Å². The molecule has 0 saturated heterocycles. The van der Waals surface area contributed by atoms with Crippen LogP contribution in [-0.4, -0.2) is 21.8 Å². The van der Waals surface area contributed by atoms with Crippen LogP contribution >= 0.6 is 0 Å². The van der Waals surface area contributed by atoms with Gasteiger partial charge in [-0.15, -0.1) is 0 Å². The molecule has 1 N–H and O–H groups in total. The Morgan fingerprint density at radius 1 is 1.05 bits per heavy atom. The van der Waals surface area contributed by atoms with Crippen molar-refractivity contribution in [3.05, 3.63) is 60.9 Å². The molecule has 0 amide bonds. The molecule has 4 heteroatoms. The zero-order valence-corrected chi connectivity index (χ0v) is 12.0. The molecule has 0 aliphatic carbocycles. The zero-order valence-electron chi connectivity index (χ0n) is 12.0. The number of pyridine rings is 1. The molecule has 0 unspecified atom stereocenters. The molecule has 22 heavy (non-hydrogen) atoms. The lowest BCUT2D eigenvalue weighted by Crippen LogP contribution is -1.91. The first-order valence-electron chi connectivity index (χ1n) is 6.99. The molecule has 0 aliphatic rings. The molecule has 2 aromatic heterocycles. The third kappa shape index (κ3) is 1.89. The highest BCUT2D eigenvalue weighted by molar-refractivity contribution is 5.90. The highest BCUT2D eigenvalue weighted by Gasteiger charge is 2.11. The molecule has 0 fully saturated rings. The maximum Gasteiger partial charge on any atom is 0.203 e. The van der Waals surface area contributed by atoms with Crippen LogP contribution in [0.15, 0.2) is 60.9 Å². The van der Waals surface area contributed by atoms with Crippen molar-refractivity contribution in [3.8, 4) is 17.3 Å². The van der Waals surface area contributed by atoms with Gasteiger partial charge in [0.2, 0.25) is 5.88 Å². The number of hydrogen-bond acceptors (Lipinski definition) is 3. The van der Waals surface area contributed by atoms with Gasteiger partial charge in [0.1, 0.15) is 5.75 Å². The van der Waals surface area contributed by atoms with Crippen LogP contribution in [0.1, 0.15) is 0 Å². The number of aromatic nitrogens is 2. The average molecular weight is 290 g/mol. The fourth-order valence-corrected chi connectivity index (χ4v) is 2.70. The summed E-state index contributed by atoms with van der Waals surface area (Å²) < 4.78 is 6.98. The minimum atomic E-state index is 0.198. The molecule has 4 aromatic rings. The van der Waals surface area contributed by atoms with Crippen molar-refractivity contribution in [2.75, 3.05) is 7.11 Å². The van der Waals surface area contributed by atoms with Crippen molar-refractivity contribution >= 4 is 21.7 Å². The van der Waals surface area contributed by atoms with E-state index in [1.165, 1.54) is 0 Å². The molecule has 108 valence electrons. The molecule has 0 aliphatic heterocycles. The summed E-state index contributed by atoms with van der Waals surface area (Å²) in [6, 6.07) is 15.5. The Balaban J connectivity index is 1.93. The van der Waals surface area contributed by atoms with Crippen molar-refractivity contribution in [1.82, 2.24) is 9.55 Å². The molecule has 0 bridgehead atoms. The molecule has 0 spiro atoms. The van der Waals surface area contributed by atoms with E-state index in [2.05, 4.69) is 4.98 Å². The number of hydrogen-bond donors (Lipinski definition) is 1. The molecular weight excluding hydrogens is 276 g/mol. The van der Waals surface area contributed by atoms with E-state index >= 15 is 0 Å². The highest BCUT2D eigenvalue weighted by Crippen LogP contribution is 2.33. The lowest BCUT2D eigenvalue weighted by molar-refractivity contribution is 0.414. The van der Waals surface area contributed by atoms with Crippen LogP contribution in [0, 0.1) is 0 Å². The standard InChI is InChI=1S/C18H14N2O2/c1-22-15-7-5-13-11-20(18(21)16(13)10-15)14-6-4-12-3-2-8-19-17(12)9-14/h2-11,21H,1H3. The Morgan fingerprint density at radius 2 is 1.91 bits per heavy atom. The summed E-state index contributed by atoms with van der Waals surface area (Å²) in [6.45, 7) is 0. The average Bonchev–Trinajstić information content (AvgIpc) is 2.90. The van der Waals surface area contributed by atoms with Crippen molar-refractivity contribution in [1.29, 1.82) is 0 Å². The summed E-state index contributed by atoms with van der Waals surface area (Å²) >= 11 is 0. The maximum atomic E-state index is 10.5. The Morgan fingerprint density at radius 3 is 2.77 bits per heavy atom. The van der Waals surface area contributed by atoms with Gasteiger partial charge in [-0.05, 0) is 36.4 Å². The smallest absolute Gasteiger partial charge is 0.203 e. The summed E-state index contributed by atoms with van der Waals surface area (Å²) in [5.41, 5.74) is 1.77. The van der Waals surface area contributed by atoms with E-state index in [9.17, 15) is 5.11 Å². The normalized spacial score (nSPS) is 11.1. The highest BCUT2D eigenvalue weighted by atomic mass is 16.5. The lowest BCUT2D eigenvalue weighted by atomic mass is 10.2. The second-order valence-corrected chi connectivity index (χ2v) is 5.16. The molecule has 2 heterocycles. The van der Waals surface area contributed by atoms with Crippen LogP contribution in [0.25, 0.3) is 27.4 Å². The summed E-state index contributed by atoms with van der Waals surface area (Å²) in [5, 5.41) is 13.3. The minimum Gasteiger partial charge on any atom is -0.497 e. The van der Waals surface area contributed by atoms with Gasteiger partial charge in [-0.1, -0.05) is 12.1 Å². The maximum absolute atomic E-state index is 10.5. The molecule has 2 aromatic carbocycles. The van der Waals surface area contributed by atoms with E-state index in [1.54, 1.807) is 17.9 Å². The third-order valence-corrected chi connectivity index (χ3v) is 3.87. The van der Waals surface area contributed by atoms with Gasteiger partial charge < -0.3 is 9.84 Å². The first kappa shape index (κ1) is 12.7. The third-order valence-electron chi connectivity index (χ3n) is 3.87. The Hall–Kier alpha value is -3.01. The first-order valence-corrected chi connectivity index (χ1v) is 6.99. The predicted molar refractivity (Wildman–Crippen MR) is 86.8 cm³/mol. The Bertz CT molecular complexity index is 989. The minimum absolute atomic E-state index is 0.198. The SMILES string of the molecule is COc1ccc2cn(-c3ccc4cccnc4c3)c(O)c2c1. The first-order chi connectivity index (χ1) is 10.8. The number of fused-ring (bicyclic) bond motifs is 2.